The van der Waals surface area contributed by atoms with Crippen LogP contribution in [0.25, 0.3) is 0 Å². The molecule has 3 nitrogen and oxygen atoms in total. The van der Waals surface area contributed by atoms with Crippen LogP contribution in [0.15, 0.2) is 18.3 Å². The van der Waals surface area contributed by atoms with Crippen molar-refractivity contribution in [1.82, 2.24) is 10.3 Å². The molecule has 2 N–H and O–H groups in total. The normalized spacial score (nSPS) is 29.3. The maximum absolute atomic E-state index is 5.99. The number of hydrogen-bond acceptors (Lipinski definition) is 2. The Balaban J connectivity index is 1.58. The first-order valence-corrected chi connectivity index (χ1v) is 7.19. The maximum Gasteiger partial charge on any atom is 0.171 e. The molecule has 2 aliphatic rings. The lowest BCUT2D eigenvalue weighted by atomic mass is 9.96. The van der Waals surface area contributed by atoms with Crippen LogP contribution in [0, 0.1) is 11.8 Å². The smallest absolute Gasteiger partial charge is 0.171 e. The molecule has 0 aromatic carbocycles. The number of pyridine rings is 1. The van der Waals surface area contributed by atoms with E-state index in [2.05, 4.69) is 15.6 Å². The van der Waals surface area contributed by atoms with Gasteiger partial charge in [-0.1, -0.05) is 18.0 Å². The summed E-state index contributed by atoms with van der Waals surface area (Å²) < 4.78 is 0. The van der Waals surface area contributed by atoms with E-state index in [0.29, 0.717) is 16.3 Å². The summed E-state index contributed by atoms with van der Waals surface area (Å²) in [5, 5.41) is 7.65. The first-order valence-electron chi connectivity index (χ1n) is 6.40. The fourth-order valence-electron chi connectivity index (χ4n) is 3.23. The van der Waals surface area contributed by atoms with E-state index in [1.165, 1.54) is 25.7 Å². The van der Waals surface area contributed by atoms with Gasteiger partial charge in [0, 0.05) is 12.2 Å². The van der Waals surface area contributed by atoms with Crippen molar-refractivity contribution in [1.29, 1.82) is 0 Å². The van der Waals surface area contributed by atoms with Gasteiger partial charge in [-0.15, -0.1) is 0 Å². The molecule has 0 radical (unpaired) electrons. The van der Waals surface area contributed by atoms with E-state index in [1.54, 1.807) is 6.20 Å². The topological polar surface area (TPSA) is 37.0 Å². The van der Waals surface area contributed by atoms with Gasteiger partial charge in [0.2, 0.25) is 0 Å². The summed E-state index contributed by atoms with van der Waals surface area (Å²) in [5.41, 5.74) is 0.764. The van der Waals surface area contributed by atoms with Gasteiger partial charge in [0.05, 0.1) is 5.69 Å². The van der Waals surface area contributed by atoms with E-state index in [-0.39, 0.29) is 0 Å². The van der Waals surface area contributed by atoms with E-state index >= 15 is 0 Å². The lowest BCUT2D eigenvalue weighted by Crippen LogP contribution is -2.40. The Morgan fingerprint density at radius 1 is 1.39 bits per heavy atom. The Morgan fingerprint density at radius 3 is 2.94 bits per heavy atom. The predicted octanol–water partition coefficient (Wildman–Crippen LogP) is 3.21. The number of rotatable bonds is 2. The van der Waals surface area contributed by atoms with Gasteiger partial charge in [0.15, 0.2) is 10.3 Å². The number of thiocarbonyl (C=S) groups is 1. The zero-order chi connectivity index (χ0) is 12.5. The SMILES string of the molecule is S=C(Nc1cccnc1Cl)N[C@@H]1C[C@H]2CC[C@@H]1C2. The van der Waals surface area contributed by atoms with Crippen LogP contribution >= 0.6 is 23.8 Å². The molecule has 1 aromatic heterocycles. The van der Waals surface area contributed by atoms with Gasteiger partial charge < -0.3 is 10.6 Å². The molecule has 0 aliphatic heterocycles. The van der Waals surface area contributed by atoms with Crippen molar-refractivity contribution in [2.75, 3.05) is 5.32 Å². The molecule has 3 atom stereocenters. The summed E-state index contributed by atoms with van der Waals surface area (Å²) in [7, 11) is 0. The summed E-state index contributed by atoms with van der Waals surface area (Å²) in [6.07, 6.45) is 7.04. The summed E-state index contributed by atoms with van der Waals surface area (Å²) in [6, 6.07) is 4.26. The van der Waals surface area contributed by atoms with Crippen molar-refractivity contribution in [3.63, 3.8) is 0 Å². The van der Waals surface area contributed by atoms with Gasteiger partial charge in [-0.2, -0.15) is 0 Å². The third kappa shape index (κ3) is 2.45. The average Bonchev–Trinajstić information content (AvgIpc) is 2.94. The standard InChI is InChI=1S/C13H16ClN3S/c14-12-10(2-1-5-15-12)16-13(18)17-11-7-8-3-4-9(11)6-8/h1-2,5,8-9,11H,3-4,6-7H2,(H2,16,17,18)/t8-,9+,11+/m0/s1. The lowest BCUT2D eigenvalue weighted by Gasteiger charge is -2.24. The molecule has 0 saturated heterocycles. The molecule has 2 bridgehead atoms. The second-order valence-corrected chi connectivity index (χ2v) is 5.99. The van der Waals surface area contributed by atoms with Crippen molar-refractivity contribution in [2.24, 2.45) is 11.8 Å². The Kier molecular flexibility index (Phi) is 3.39. The van der Waals surface area contributed by atoms with Gasteiger partial charge in [0.25, 0.3) is 0 Å². The van der Waals surface area contributed by atoms with Crippen LogP contribution in [-0.2, 0) is 0 Å². The molecule has 2 fully saturated rings. The quantitative estimate of drug-likeness (QED) is 0.645. The molecular weight excluding hydrogens is 266 g/mol. The maximum atomic E-state index is 5.99. The molecule has 0 amide bonds. The Morgan fingerprint density at radius 2 is 2.28 bits per heavy atom. The minimum Gasteiger partial charge on any atom is -0.359 e. The molecule has 96 valence electrons. The first kappa shape index (κ1) is 12.2. The minimum atomic E-state index is 0.453. The average molecular weight is 282 g/mol. The van der Waals surface area contributed by atoms with E-state index in [9.17, 15) is 0 Å². The molecule has 18 heavy (non-hydrogen) atoms. The van der Waals surface area contributed by atoms with E-state index in [0.717, 1.165) is 17.5 Å². The van der Waals surface area contributed by atoms with Crippen LogP contribution in [-0.4, -0.2) is 16.1 Å². The minimum absolute atomic E-state index is 0.453. The van der Waals surface area contributed by atoms with Gasteiger partial charge in [-0.05, 0) is 55.4 Å². The van der Waals surface area contributed by atoms with Gasteiger partial charge in [0.1, 0.15) is 0 Å². The molecule has 1 heterocycles. The van der Waals surface area contributed by atoms with Gasteiger partial charge in [-0.25, -0.2) is 4.98 Å². The summed E-state index contributed by atoms with van der Waals surface area (Å²) in [6.45, 7) is 0. The second kappa shape index (κ2) is 5.02. The summed E-state index contributed by atoms with van der Waals surface area (Å²) >= 11 is 11.3. The molecule has 2 saturated carbocycles. The Labute approximate surface area is 117 Å². The van der Waals surface area contributed by atoms with E-state index in [1.807, 2.05) is 12.1 Å². The third-order valence-corrected chi connectivity index (χ3v) is 4.58. The number of aromatic nitrogens is 1. The fourth-order valence-corrected chi connectivity index (χ4v) is 3.66. The number of nitrogens with zero attached hydrogens (tertiary/aromatic N) is 1. The van der Waals surface area contributed by atoms with Crippen LogP contribution in [0.2, 0.25) is 5.15 Å². The highest BCUT2D eigenvalue weighted by Crippen LogP contribution is 2.44. The molecule has 5 heteroatoms. The zero-order valence-corrected chi connectivity index (χ0v) is 11.6. The lowest BCUT2D eigenvalue weighted by molar-refractivity contribution is 0.392. The molecule has 0 spiro atoms. The predicted molar refractivity (Wildman–Crippen MR) is 77.8 cm³/mol. The zero-order valence-electron chi connectivity index (χ0n) is 10.0. The fraction of sp³-hybridized carbons (Fsp3) is 0.538. The van der Waals surface area contributed by atoms with Gasteiger partial charge >= 0.3 is 0 Å². The van der Waals surface area contributed by atoms with Crippen LogP contribution in [0.3, 0.4) is 0 Å². The second-order valence-electron chi connectivity index (χ2n) is 5.22. The van der Waals surface area contributed by atoms with Crippen molar-refractivity contribution >= 4 is 34.6 Å². The number of halogens is 1. The van der Waals surface area contributed by atoms with Crippen molar-refractivity contribution < 1.29 is 0 Å². The highest BCUT2D eigenvalue weighted by atomic mass is 35.5. The molecule has 3 rings (SSSR count). The molecule has 0 unspecified atom stereocenters. The molecule has 1 aromatic rings. The van der Waals surface area contributed by atoms with E-state index < -0.39 is 0 Å². The van der Waals surface area contributed by atoms with Crippen molar-refractivity contribution in [3.05, 3.63) is 23.5 Å². The van der Waals surface area contributed by atoms with Crippen LogP contribution in [0.4, 0.5) is 5.69 Å². The monoisotopic (exact) mass is 281 g/mol. The Bertz CT molecular complexity index is 465. The van der Waals surface area contributed by atoms with Gasteiger partial charge in [-0.3, -0.25) is 0 Å². The van der Waals surface area contributed by atoms with Crippen LogP contribution in [0.5, 0.6) is 0 Å². The molecular formula is C13H16ClN3S. The summed E-state index contributed by atoms with van der Waals surface area (Å²) in [5.74, 6) is 1.72. The van der Waals surface area contributed by atoms with Crippen LogP contribution in [0.1, 0.15) is 25.7 Å². The Hall–Kier alpha value is -0.870. The van der Waals surface area contributed by atoms with Crippen LogP contribution < -0.4 is 10.6 Å². The first-order chi connectivity index (χ1) is 8.72. The largest absolute Gasteiger partial charge is 0.359 e. The highest BCUT2D eigenvalue weighted by molar-refractivity contribution is 7.80. The third-order valence-electron chi connectivity index (χ3n) is 4.06. The van der Waals surface area contributed by atoms with Crippen molar-refractivity contribution in [2.45, 2.75) is 31.7 Å². The highest BCUT2D eigenvalue weighted by Gasteiger charge is 2.39. The van der Waals surface area contributed by atoms with Crippen molar-refractivity contribution in [3.8, 4) is 0 Å². The summed E-state index contributed by atoms with van der Waals surface area (Å²) in [4.78, 5) is 4.02. The van der Waals surface area contributed by atoms with E-state index in [4.69, 9.17) is 23.8 Å². The number of anilines is 1. The molecule has 2 aliphatic carbocycles. The number of fused-ring (bicyclic) bond motifs is 2. The number of nitrogens with one attached hydrogen (secondary N) is 2. The number of hydrogen-bond donors (Lipinski definition) is 2.